The molecule has 2 aliphatic rings. The summed E-state index contributed by atoms with van der Waals surface area (Å²) < 4.78 is 14.8. The summed E-state index contributed by atoms with van der Waals surface area (Å²) in [6, 6.07) is 8.06. The first-order chi connectivity index (χ1) is 13.9. The van der Waals surface area contributed by atoms with Crippen LogP contribution in [0.4, 0.5) is 10.2 Å². The summed E-state index contributed by atoms with van der Waals surface area (Å²) in [5.41, 5.74) is 0.519. The van der Waals surface area contributed by atoms with E-state index < -0.39 is 5.41 Å². The molecule has 29 heavy (non-hydrogen) atoms. The zero-order valence-electron chi connectivity index (χ0n) is 16.6. The van der Waals surface area contributed by atoms with Gasteiger partial charge in [-0.1, -0.05) is 12.1 Å². The van der Waals surface area contributed by atoms with Gasteiger partial charge in [-0.25, -0.2) is 4.39 Å². The van der Waals surface area contributed by atoms with Crippen molar-refractivity contribution < 1.29 is 14.0 Å². The Bertz CT molecular complexity index is 897. The van der Waals surface area contributed by atoms with Gasteiger partial charge in [-0.2, -0.15) is 5.10 Å². The molecule has 2 amide bonds. The lowest BCUT2D eigenvalue weighted by Gasteiger charge is -2.39. The Morgan fingerprint density at radius 3 is 2.72 bits per heavy atom. The van der Waals surface area contributed by atoms with Gasteiger partial charge in [0.25, 0.3) is 0 Å². The summed E-state index contributed by atoms with van der Waals surface area (Å²) >= 11 is 0. The molecule has 2 saturated heterocycles. The normalized spacial score (nSPS) is 22.4. The molecule has 1 spiro atoms. The summed E-state index contributed by atoms with van der Waals surface area (Å²) in [5, 5.41) is 6.96. The van der Waals surface area contributed by atoms with Crippen molar-refractivity contribution in [3.05, 3.63) is 47.9 Å². The van der Waals surface area contributed by atoms with Crippen LogP contribution in [0.25, 0.3) is 0 Å². The average Bonchev–Trinajstić information content (AvgIpc) is 3.28. The number of halogens is 1. The molecule has 1 aromatic carbocycles. The molecule has 0 bridgehead atoms. The number of carbonyl (C=O) groups is 2. The number of hydrogen-bond donors (Lipinski definition) is 1. The molecule has 2 aromatic rings. The molecule has 1 atom stereocenters. The maximum atomic E-state index is 13.3. The minimum Gasteiger partial charge on any atom is -0.338 e. The highest BCUT2D eigenvalue weighted by atomic mass is 19.1. The van der Waals surface area contributed by atoms with Crippen LogP contribution < -0.4 is 5.32 Å². The lowest BCUT2D eigenvalue weighted by Crippen LogP contribution is -2.50. The van der Waals surface area contributed by atoms with Crippen molar-refractivity contribution in [3.63, 3.8) is 0 Å². The van der Waals surface area contributed by atoms with E-state index in [1.54, 1.807) is 36.1 Å². The highest BCUT2D eigenvalue weighted by Gasteiger charge is 2.48. The molecule has 2 fully saturated rings. The number of amides is 2. The fourth-order valence-corrected chi connectivity index (χ4v) is 4.45. The minimum atomic E-state index is -0.413. The van der Waals surface area contributed by atoms with Gasteiger partial charge >= 0.3 is 0 Å². The molecule has 1 N–H and O–H groups in total. The second kappa shape index (κ2) is 7.94. The summed E-state index contributed by atoms with van der Waals surface area (Å²) in [5.74, 6) is 0.295. The van der Waals surface area contributed by atoms with Crippen molar-refractivity contribution in [2.24, 2.45) is 12.5 Å². The van der Waals surface area contributed by atoms with Gasteiger partial charge in [0, 0.05) is 38.9 Å². The smallest absolute Gasteiger partial charge is 0.239 e. The number of hydrogen-bond acceptors (Lipinski definition) is 4. The first-order valence-corrected chi connectivity index (χ1v) is 9.99. The van der Waals surface area contributed by atoms with E-state index >= 15 is 0 Å². The molecule has 4 rings (SSSR count). The number of aryl methyl sites for hydroxylation is 1. The SMILES string of the molecule is Cn1ccc(NC(=O)CN2CCC3(CCCN(Cc4ccc(F)cc4)C3=O)C2)n1. The van der Waals surface area contributed by atoms with Crippen LogP contribution in [0.15, 0.2) is 36.5 Å². The zero-order valence-corrected chi connectivity index (χ0v) is 16.6. The van der Waals surface area contributed by atoms with E-state index in [1.807, 2.05) is 4.90 Å². The summed E-state index contributed by atoms with van der Waals surface area (Å²) in [7, 11) is 1.80. The Balaban J connectivity index is 1.36. The van der Waals surface area contributed by atoms with Crippen LogP contribution in [-0.4, -0.2) is 57.6 Å². The molecule has 8 heteroatoms. The van der Waals surface area contributed by atoms with Crippen LogP contribution >= 0.6 is 0 Å². The lowest BCUT2D eigenvalue weighted by molar-refractivity contribution is -0.146. The zero-order chi connectivity index (χ0) is 20.4. The molecule has 1 aromatic heterocycles. The van der Waals surface area contributed by atoms with Crippen molar-refractivity contribution in [2.75, 3.05) is 31.5 Å². The first-order valence-electron chi connectivity index (χ1n) is 9.99. The van der Waals surface area contributed by atoms with Crippen molar-refractivity contribution in [1.82, 2.24) is 19.6 Å². The van der Waals surface area contributed by atoms with Gasteiger partial charge in [0.2, 0.25) is 11.8 Å². The number of likely N-dealkylation sites (tertiary alicyclic amines) is 2. The topological polar surface area (TPSA) is 70.5 Å². The van der Waals surface area contributed by atoms with Crippen molar-refractivity contribution in [2.45, 2.75) is 25.8 Å². The van der Waals surface area contributed by atoms with Gasteiger partial charge in [-0.05, 0) is 43.5 Å². The molecule has 1 unspecified atom stereocenters. The highest BCUT2D eigenvalue weighted by molar-refractivity contribution is 5.91. The second-order valence-electron chi connectivity index (χ2n) is 8.12. The van der Waals surface area contributed by atoms with E-state index in [1.165, 1.54) is 12.1 Å². The van der Waals surface area contributed by atoms with Crippen LogP contribution in [0.3, 0.4) is 0 Å². The van der Waals surface area contributed by atoms with E-state index in [4.69, 9.17) is 0 Å². The number of rotatable bonds is 5. The number of nitrogens with one attached hydrogen (secondary N) is 1. The van der Waals surface area contributed by atoms with E-state index in [-0.39, 0.29) is 24.2 Å². The van der Waals surface area contributed by atoms with Crippen LogP contribution in [0.1, 0.15) is 24.8 Å². The first kappa shape index (κ1) is 19.6. The van der Waals surface area contributed by atoms with E-state index in [9.17, 15) is 14.0 Å². The fourth-order valence-electron chi connectivity index (χ4n) is 4.45. The van der Waals surface area contributed by atoms with Crippen LogP contribution in [0, 0.1) is 11.2 Å². The molecule has 154 valence electrons. The molecule has 3 heterocycles. The highest BCUT2D eigenvalue weighted by Crippen LogP contribution is 2.40. The predicted molar refractivity (Wildman–Crippen MR) is 106 cm³/mol. The molecule has 0 aliphatic carbocycles. The number of aromatic nitrogens is 2. The van der Waals surface area contributed by atoms with Gasteiger partial charge in [-0.3, -0.25) is 19.2 Å². The third-order valence-electron chi connectivity index (χ3n) is 5.89. The van der Waals surface area contributed by atoms with E-state index in [2.05, 4.69) is 15.3 Å². The van der Waals surface area contributed by atoms with Gasteiger partial charge in [-0.15, -0.1) is 0 Å². The number of anilines is 1. The monoisotopic (exact) mass is 399 g/mol. The Kier molecular flexibility index (Phi) is 5.36. The van der Waals surface area contributed by atoms with Crippen LogP contribution in [0.2, 0.25) is 0 Å². The predicted octanol–water partition coefficient (Wildman–Crippen LogP) is 2.01. The van der Waals surface area contributed by atoms with Crippen LogP contribution in [-0.2, 0) is 23.2 Å². The van der Waals surface area contributed by atoms with E-state index in [0.29, 0.717) is 18.9 Å². The fraction of sp³-hybridized carbons (Fsp3) is 0.476. The number of carbonyl (C=O) groups excluding carboxylic acids is 2. The Morgan fingerprint density at radius 1 is 1.21 bits per heavy atom. The van der Waals surface area contributed by atoms with Crippen molar-refractivity contribution in [3.8, 4) is 0 Å². The third kappa shape index (κ3) is 4.32. The van der Waals surface area contributed by atoms with E-state index in [0.717, 1.165) is 37.9 Å². The largest absolute Gasteiger partial charge is 0.338 e. The summed E-state index contributed by atoms with van der Waals surface area (Å²) in [4.78, 5) is 29.5. The van der Waals surface area contributed by atoms with Gasteiger partial charge in [0.05, 0.1) is 12.0 Å². The molecule has 0 radical (unpaired) electrons. The van der Waals surface area contributed by atoms with Crippen molar-refractivity contribution >= 4 is 17.6 Å². The Morgan fingerprint density at radius 2 is 2.00 bits per heavy atom. The van der Waals surface area contributed by atoms with Gasteiger partial charge in [0.1, 0.15) is 5.82 Å². The third-order valence-corrected chi connectivity index (χ3v) is 5.89. The number of piperidine rings is 1. The summed E-state index contributed by atoms with van der Waals surface area (Å²) in [6.45, 7) is 2.80. The standard InChI is InChI=1S/C21H26FN5O2/c1-25-11-7-18(24-25)23-19(28)14-26-12-9-21(15-26)8-2-10-27(20(21)29)13-16-3-5-17(22)6-4-16/h3-7,11H,2,8-10,12-15H2,1H3,(H,23,24,28). The summed E-state index contributed by atoms with van der Waals surface area (Å²) in [6.07, 6.45) is 4.34. The molecular formula is C21H26FN5O2. The maximum absolute atomic E-state index is 13.3. The molecular weight excluding hydrogens is 373 g/mol. The quantitative estimate of drug-likeness (QED) is 0.835. The van der Waals surface area contributed by atoms with Gasteiger partial charge < -0.3 is 10.2 Å². The van der Waals surface area contributed by atoms with Crippen LogP contribution in [0.5, 0.6) is 0 Å². The molecule has 0 saturated carbocycles. The lowest BCUT2D eigenvalue weighted by atomic mass is 9.78. The average molecular weight is 399 g/mol. The maximum Gasteiger partial charge on any atom is 0.239 e. The van der Waals surface area contributed by atoms with Crippen molar-refractivity contribution in [1.29, 1.82) is 0 Å². The minimum absolute atomic E-state index is 0.118. The number of nitrogens with zero attached hydrogens (tertiary/aromatic N) is 4. The number of benzene rings is 1. The second-order valence-corrected chi connectivity index (χ2v) is 8.12. The Hall–Kier alpha value is -2.74. The Labute approximate surface area is 169 Å². The molecule has 7 nitrogen and oxygen atoms in total. The molecule has 2 aliphatic heterocycles. The van der Waals surface area contributed by atoms with Gasteiger partial charge in [0.15, 0.2) is 5.82 Å².